The van der Waals surface area contributed by atoms with Gasteiger partial charge in [-0.05, 0) is 18.5 Å². The van der Waals surface area contributed by atoms with Gasteiger partial charge in [0.1, 0.15) is 5.82 Å². The molecule has 0 unspecified atom stereocenters. The molecule has 2 heteroatoms. The topological polar surface area (TPSA) is 12.9 Å². The van der Waals surface area contributed by atoms with Crippen LogP contribution in [0.4, 0.5) is 4.39 Å². The number of nitrogens with zero attached hydrogens (tertiary/aromatic N) is 1. The van der Waals surface area contributed by atoms with Crippen molar-refractivity contribution in [3.63, 3.8) is 0 Å². The summed E-state index contributed by atoms with van der Waals surface area (Å²) < 4.78 is 33.7. The SMILES string of the molecule is [2H]c1nc([2H])c(F)c(C)c1[2H]. The fourth-order valence-electron chi connectivity index (χ4n) is 0.328. The van der Waals surface area contributed by atoms with E-state index >= 15 is 0 Å². The van der Waals surface area contributed by atoms with Crippen LogP contribution in [0.2, 0.25) is 0 Å². The van der Waals surface area contributed by atoms with Gasteiger partial charge in [0.2, 0.25) is 0 Å². The first-order valence-corrected chi connectivity index (χ1v) is 2.14. The minimum Gasteiger partial charge on any atom is -0.262 e. The standard InChI is InChI=1S/C6H6FN/c1-5-2-3-8-4-6(5)7/h2-4H,1H3/i2D,3D,4D. The van der Waals surface area contributed by atoms with Gasteiger partial charge < -0.3 is 0 Å². The van der Waals surface area contributed by atoms with Gasteiger partial charge in [0.25, 0.3) is 0 Å². The number of hydrogen-bond acceptors (Lipinski definition) is 1. The van der Waals surface area contributed by atoms with Gasteiger partial charge in [0, 0.05) is 6.17 Å². The van der Waals surface area contributed by atoms with Gasteiger partial charge in [-0.3, -0.25) is 4.98 Å². The average molecular weight is 114 g/mol. The second-order valence-corrected chi connectivity index (χ2v) is 1.40. The highest BCUT2D eigenvalue weighted by Gasteiger charge is 1.89. The first kappa shape index (κ1) is 2.58. The fraction of sp³-hybridized carbons (Fsp3) is 0.167. The van der Waals surface area contributed by atoms with Gasteiger partial charge in [0.05, 0.1) is 10.3 Å². The van der Waals surface area contributed by atoms with E-state index in [9.17, 15) is 4.39 Å². The van der Waals surface area contributed by atoms with Crippen molar-refractivity contribution in [2.75, 3.05) is 0 Å². The lowest BCUT2D eigenvalue weighted by atomic mass is 10.3. The summed E-state index contributed by atoms with van der Waals surface area (Å²) >= 11 is 0. The van der Waals surface area contributed by atoms with E-state index in [1.807, 2.05) is 0 Å². The van der Waals surface area contributed by atoms with Gasteiger partial charge >= 0.3 is 0 Å². The van der Waals surface area contributed by atoms with Crippen LogP contribution in [-0.4, -0.2) is 4.98 Å². The molecule has 0 aliphatic rings. The quantitative estimate of drug-likeness (QED) is 0.498. The third-order valence-corrected chi connectivity index (χ3v) is 0.783. The summed E-state index contributed by atoms with van der Waals surface area (Å²) in [5.74, 6) is -0.814. The molecule has 0 spiro atoms. The van der Waals surface area contributed by atoms with Crippen molar-refractivity contribution in [1.82, 2.24) is 4.98 Å². The Morgan fingerprint density at radius 3 is 3.38 bits per heavy atom. The van der Waals surface area contributed by atoms with Crippen LogP contribution >= 0.6 is 0 Å². The molecule has 1 rings (SSSR count). The van der Waals surface area contributed by atoms with E-state index < -0.39 is 12.0 Å². The van der Waals surface area contributed by atoms with E-state index in [4.69, 9.17) is 4.11 Å². The van der Waals surface area contributed by atoms with Crippen LogP contribution in [0.3, 0.4) is 0 Å². The first-order valence-electron chi connectivity index (χ1n) is 3.64. The van der Waals surface area contributed by atoms with Gasteiger partial charge in [-0.25, -0.2) is 4.39 Å². The molecule has 0 aromatic carbocycles. The molecule has 1 aromatic heterocycles. The Hall–Kier alpha value is -0.920. The second kappa shape index (κ2) is 1.90. The summed E-state index contributed by atoms with van der Waals surface area (Å²) in [6.07, 6.45) is -0.919. The highest BCUT2D eigenvalue weighted by atomic mass is 19.1. The van der Waals surface area contributed by atoms with E-state index in [1.54, 1.807) is 0 Å². The largest absolute Gasteiger partial charge is 0.262 e. The van der Waals surface area contributed by atoms with Gasteiger partial charge in [-0.2, -0.15) is 0 Å². The molecule has 1 aromatic rings. The number of pyridine rings is 1. The number of aromatic nitrogens is 1. The zero-order valence-corrected chi connectivity index (χ0v) is 4.33. The fourth-order valence-corrected chi connectivity index (χ4v) is 0.328. The Bertz CT molecular complexity index is 274. The highest BCUT2D eigenvalue weighted by Crippen LogP contribution is 1.99. The van der Waals surface area contributed by atoms with Crippen molar-refractivity contribution in [3.8, 4) is 0 Å². The van der Waals surface area contributed by atoms with Gasteiger partial charge in [-0.1, -0.05) is 0 Å². The van der Waals surface area contributed by atoms with E-state index in [0.717, 1.165) is 0 Å². The zero-order valence-electron chi connectivity index (χ0n) is 7.33. The van der Waals surface area contributed by atoms with Gasteiger partial charge in [-0.15, -0.1) is 0 Å². The molecule has 42 valence electrons. The summed E-state index contributed by atoms with van der Waals surface area (Å²) in [4.78, 5) is 3.20. The molecule has 0 bridgehead atoms. The van der Waals surface area contributed by atoms with Crippen molar-refractivity contribution in [1.29, 1.82) is 0 Å². The number of rotatable bonds is 0. The monoisotopic (exact) mass is 114 g/mol. The van der Waals surface area contributed by atoms with Crippen LogP contribution in [0.25, 0.3) is 0 Å². The molecular weight excluding hydrogens is 105 g/mol. The summed E-state index contributed by atoms with van der Waals surface area (Å²) in [5, 5.41) is 0. The second-order valence-electron chi connectivity index (χ2n) is 1.40. The molecule has 0 N–H and O–H groups in total. The number of hydrogen-bond donors (Lipinski definition) is 0. The smallest absolute Gasteiger partial charge is 0.144 e. The van der Waals surface area contributed by atoms with Crippen LogP contribution in [0.5, 0.6) is 0 Å². The summed E-state index contributed by atoms with van der Waals surface area (Å²) in [6, 6.07) is -0.251. The minimum atomic E-state index is -0.814. The lowest BCUT2D eigenvalue weighted by Crippen LogP contribution is -1.80. The van der Waals surface area contributed by atoms with Crippen molar-refractivity contribution in [2.24, 2.45) is 0 Å². The number of halogens is 1. The minimum absolute atomic E-state index is 0.00926. The third-order valence-electron chi connectivity index (χ3n) is 0.783. The zero-order chi connectivity index (χ0) is 8.59. The Labute approximate surface area is 51.4 Å². The van der Waals surface area contributed by atoms with Crippen LogP contribution in [0.1, 0.15) is 9.68 Å². The highest BCUT2D eigenvalue weighted by molar-refractivity contribution is 5.08. The van der Waals surface area contributed by atoms with Crippen molar-refractivity contribution < 1.29 is 8.50 Å². The summed E-state index contributed by atoms with van der Waals surface area (Å²) in [6.45, 7) is 1.36. The lowest BCUT2D eigenvalue weighted by molar-refractivity contribution is 0.612. The Balaban J connectivity index is 3.46. The molecule has 0 aliphatic heterocycles. The summed E-state index contributed by atoms with van der Waals surface area (Å²) in [5.41, 5.74) is 0.00926. The molecule has 0 fully saturated rings. The molecule has 0 amide bonds. The molecule has 1 nitrogen and oxygen atoms in total. The Morgan fingerprint density at radius 2 is 2.62 bits per heavy atom. The van der Waals surface area contributed by atoms with Crippen LogP contribution < -0.4 is 0 Å². The molecule has 0 atom stereocenters. The Morgan fingerprint density at radius 1 is 1.88 bits per heavy atom. The predicted molar refractivity (Wildman–Crippen MR) is 28.9 cm³/mol. The van der Waals surface area contributed by atoms with E-state index in [0.29, 0.717) is 0 Å². The average Bonchev–Trinajstić information content (AvgIpc) is 1.97. The van der Waals surface area contributed by atoms with E-state index in [2.05, 4.69) is 4.98 Å². The molecular formula is C6H6FN. The van der Waals surface area contributed by atoms with Crippen LogP contribution in [0.15, 0.2) is 18.4 Å². The van der Waals surface area contributed by atoms with E-state index in [1.165, 1.54) is 6.92 Å². The van der Waals surface area contributed by atoms with Gasteiger partial charge in [0.15, 0.2) is 0 Å². The molecule has 1 heterocycles. The molecule has 0 saturated heterocycles. The molecule has 0 saturated carbocycles. The third kappa shape index (κ3) is 0.832. The maximum atomic E-state index is 12.7. The van der Waals surface area contributed by atoms with Crippen molar-refractivity contribution in [3.05, 3.63) is 29.8 Å². The first-order chi connectivity index (χ1) is 5.04. The van der Waals surface area contributed by atoms with Crippen molar-refractivity contribution >= 4 is 0 Å². The lowest BCUT2D eigenvalue weighted by Gasteiger charge is -1.88. The molecule has 0 aliphatic carbocycles. The summed E-state index contributed by atoms with van der Waals surface area (Å²) in [7, 11) is 0. The van der Waals surface area contributed by atoms with E-state index in [-0.39, 0.29) is 17.8 Å². The normalized spacial score (nSPS) is 14.5. The molecule has 0 radical (unpaired) electrons. The molecule has 8 heavy (non-hydrogen) atoms. The maximum Gasteiger partial charge on any atom is 0.144 e. The maximum absolute atomic E-state index is 12.7. The van der Waals surface area contributed by atoms with Crippen molar-refractivity contribution in [2.45, 2.75) is 6.92 Å². The van der Waals surface area contributed by atoms with Crippen LogP contribution in [-0.2, 0) is 0 Å². The Kier molecular flexibility index (Phi) is 0.613. The van der Waals surface area contributed by atoms with Crippen LogP contribution in [0, 0.1) is 12.7 Å². The predicted octanol–water partition coefficient (Wildman–Crippen LogP) is 1.53.